The highest BCUT2D eigenvalue weighted by atomic mass is 16.6. The van der Waals surface area contributed by atoms with Gasteiger partial charge in [-0.2, -0.15) is 0 Å². The van der Waals surface area contributed by atoms with E-state index in [0.717, 1.165) is 28.9 Å². The molecule has 390 valence electrons. The second kappa shape index (κ2) is 41.8. The molecule has 13 nitrogen and oxygen atoms in total. The number of hydrogen-bond donors (Lipinski definition) is 0. The van der Waals surface area contributed by atoms with Crippen molar-refractivity contribution in [2.24, 2.45) is 0 Å². The molecular weight excluding hydrogens is 893 g/mol. The molecule has 0 saturated heterocycles. The lowest BCUT2D eigenvalue weighted by atomic mass is 9.80. The van der Waals surface area contributed by atoms with Gasteiger partial charge in [0.25, 0.3) is 0 Å². The van der Waals surface area contributed by atoms with Crippen LogP contribution in [0.2, 0.25) is 0 Å². The van der Waals surface area contributed by atoms with Crippen LogP contribution >= 0.6 is 0 Å². The number of benzene rings is 4. The molecule has 4 rings (SSSR count). The summed E-state index contributed by atoms with van der Waals surface area (Å²) in [6, 6.07) is 39.5. The van der Waals surface area contributed by atoms with E-state index in [0.29, 0.717) is 159 Å². The number of unbranched alkanes of at least 4 members (excludes halogenated alkanes) is 5. The van der Waals surface area contributed by atoms with Crippen molar-refractivity contribution in [2.45, 2.75) is 57.5 Å². The van der Waals surface area contributed by atoms with Crippen molar-refractivity contribution in [3.8, 4) is 5.75 Å². The maximum atomic E-state index is 6.75. The molecule has 0 heterocycles. The van der Waals surface area contributed by atoms with Crippen LogP contribution in [-0.2, 0) is 68.9 Å². The molecule has 0 spiro atoms. The van der Waals surface area contributed by atoms with Gasteiger partial charge >= 0.3 is 0 Å². The van der Waals surface area contributed by atoms with Crippen LogP contribution in [0.5, 0.6) is 5.75 Å². The van der Waals surface area contributed by atoms with E-state index >= 15 is 0 Å². The second-order valence-electron chi connectivity index (χ2n) is 16.4. The van der Waals surface area contributed by atoms with E-state index in [2.05, 4.69) is 67.6 Å². The van der Waals surface area contributed by atoms with Crippen molar-refractivity contribution in [3.05, 3.63) is 138 Å². The average Bonchev–Trinajstić information content (AvgIpc) is 3.40. The number of rotatable bonds is 48. The molecule has 0 bridgehead atoms. The summed E-state index contributed by atoms with van der Waals surface area (Å²) in [6.07, 6.45) is 9.06. The van der Waals surface area contributed by atoms with Crippen molar-refractivity contribution in [3.63, 3.8) is 0 Å². The standard InChI is InChI=1S/C57H84O13/c1-2-3-4-5-6-10-17-52-24-26-56(27-25-52)69-50-48-67-46-44-65-42-40-63-38-36-61-34-32-59-30-28-58-29-31-60-33-35-62-37-39-64-41-43-66-45-47-68-49-51-70-57(53-18-11-7-12-19-53,54-20-13-8-14-21-54)55-22-15-9-16-23-55/h7-9,11-16,18-27H,2-6,10,17,28-51H2,1H3. The Hall–Kier alpha value is -3.80. The lowest BCUT2D eigenvalue weighted by molar-refractivity contribution is -0.0399. The normalized spacial score (nSPS) is 11.7. The first-order valence-electron chi connectivity index (χ1n) is 25.7. The fourth-order valence-electron chi connectivity index (χ4n) is 7.40. The van der Waals surface area contributed by atoms with Crippen LogP contribution in [0.1, 0.15) is 67.7 Å². The minimum Gasteiger partial charge on any atom is -0.491 e. The molecule has 13 heteroatoms. The molecule has 0 radical (unpaired) electrons. The zero-order chi connectivity index (χ0) is 48.9. The Morgan fingerprint density at radius 2 is 0.571 bits per heavy atom. The minimum atomic E-state index is -0.756. The van der Waals surface area contributed by atoms with Gasteiger partial charge in [-0.15, -0.1) is 0 Å². The summed E-state index contributed by atoms with van der Waals surface area (Å²) >= 11 is 0. The van der Waals surface area contributed by atoms with E-state index in [1.807, 2.05) is 54.6 Å². The molecule has 0 unspecified atom stereocenters. The first kappa shape index (κ1) is 58.8. The number of aryl methyl sites for hydroxylation is 1. The van der Waals surface area contributed by atoms with Crippen LogP contribution in [0.4, 0.5) is 0 Å². The maximum absolute atomic E-state index is 6.75. The molecule has 0 aliphatic heterocycles. The van der Waals surface area contributed by atoms with Crippen LogP contribution in [0.3, 0.4) is 0 Å². The van der Waals surface area contributed by atoms with Gasteiger partial charge in [-0.25, -0.2) is 0 Å². The molecule has 4 aromatic carbocycles. The largest absolute Gasteiger partial charge is 0.491 e. The van der Waals surface area contributed by atoms with E-state index in [9.17, 15) is 0 Å². The Morgan fingerprint density at radius 1 is 0.286 bits per heavy atom. The van der Waals surface area contributed by atoms with Crippen LogP contribution < -0.4 is 4.74 Å². The molecular formula is C57H84O13. The molecule has 4 aromatic rings. The van der Waals surface area contributed by atoms with Gasteiger partial charge in [0.05, 0.1) is 152 Å². The van der Waals surface area contributed by atoms with E-state index in [1.54, 1.807) is 0 Å². The summed E-state index contributed by atoms with van der Waals surface area (Å²) in [5, 5.41) is 0. The SMILES string of the molecule is CCCCCCCCc1ccc(OCCOCCOCCOCCOCCOCCOCCOCCOCCOCCOCCOCCOC(c2ccccc2)(c2ccccc2)c2ccccc2)cc1. The third-order valence-corrected chi connectivity index (χ3v) is 11.0. The molecule has 70 heavy (non-hydrogen) atoms. The van der Waals surface area contributed by atoms with Gasteiger partial charge in [-0.3, -0.25) is 0 Å². The summed E-state index contributed by atoms with van der Waals surface area (Å²) in [6.45, 7) is 14.1. The van der Waals surface area contributed by atoms with Crippen LogP contribution in [0.15, 0.2) is 115 Å². The quantitative estimate of drug-likeness (QED) is 0.0310. The Labute approximate surface area is 419 Å². The van der Waals surface area contributed by atoms with Gasteiger partial charge in [0.1, 0.15) is 18.0 Å². The molecule has 0 atom stereocenters. The molecule has 0 aliphatic rings. The van der Waals surface area contributed by atoms with Crippen molar-refractivity contribution < 1.29 is 61.6 Å². The van der Waals surface area contributed by atoms with E-state index < -0.39 is 5.60 Å². The minimum absolute atomic E-state index is 0.413. The monoisotopic (exact) mass is 977 g/mol. The van der Waals surface area contributed by atoms with Crippen molar-refractivity contribution >= 4 is 0 Å². The van der Waals surface area contributed by atoms with Crippen LogP contribution in [0.25, 0.3) is 0 Å². The van der Waals surface area contributed by atoms with Crippen molar-refractivity contribution in [1.82, 2.24) is 0 Å². The molecule has 0 aromatic heterocycles. The third kappa shape index (κ3) is 27.1. The average molecular weight is 977 g/mol. The van der Waals surface area contributed by atoms with Crippen LogP contribution in [0, 0.1) is 0 Å². The fraction of sp³-hybridized carbons (Fsp3) is 0.579. The summed E-state index contributed by atoms with van der Waals surface area (Å²) in [5.74, 6) is 0.883. The predicted octanol–water partition coefficient (Wildman–Crippen LogP) is 9.16. The lowest BCUT2D eigenvalue weighted by Crippen LogP contribution is -2.34. The highest BCUT2D eigenvalue weighted by molar-refractivity contribution is 5.47. The summed E-state index contributed by atoms with van der Waals surface area (Å²) < 4.78 is 74.2. The predicted molar refractivity (Wildman–Crippen MR) is 273 cm³/mol. The number of hydrogen-bond acceptors (Lipinski definition) is 13. The van der Waals surface area contributed by atoms with Gasteiger partial charge in [-0.05, 0) is 47.2 Å². The first-order chi connectivity index (χ1) is 34.8. The molecule has 0 saturated carbocycles. The molecule has 0 amide bonds. The Morgan fingerprint density at radius 3 is 0.900 bits per heavy atom. The second-order valence-corrected chi connectivity index (χ2v) is 16.4. The summed E-state index contributed by atoms with van der Waals surface area (Å²) in [4.78, 5) is 0. The smallest absolute Gasteiger partial charge is 0.143 e. The summed E-state index contributed by atoms with van der Waals surface area (Å²) in [5.41, 5.74) is 3.82. The summed E-state index contributed by atoms with van der Waals surface area (Å²) in [7, 11) is 0. The molecule has 0 N–H and O–H groups in total. The van der Waals surface area contributed by atoms with Crippen molar-refractivity contribution in [1.29, 1.82) is 0 Å². The number of ether oxygens (including phenoxy) is 13. The molecule has 0 aliphatic carbocycles. The lowest BCUT2D eigenvalue weighted by Gasteiger charge is -2.36. The van der Waals surface area contributed by atoms with Gasteiger partial charge < -0.3 is 61.6 Å². The van der Waals surface area contributed by atoms with Gasteiger partial charge in [0.15, 0.2) is 0 Å². The third-order valence-electron chi connectivity index (χ3n) is 11.0. The zero-order valence-electron chi connectivity index (χ0n) is 42.2. The Kier molecular flexibility index (Phi) is 35.1. The van der Waals surface area contributed by atoms with E-state index in [1.165, 1.54) is 44.1 Å². The highest BCUT2D eigenvalue weighted by Gasteiger charge is 2.37. The Balaban J connectivity index is 0.806. The van der Waals surface area contributed by atoms with Gasteiger partial charge in [-0.1, -0.05) is 142 Å². The highest BCUT2D eigenvalue weighted by Crippen LogP contribution is 2.40. The van der Waals surface area contributed by atoms with E-state index in [4.69, 9.17) is 61.6 Å². The fourth-order valence-corrected chi connectivity index (χ4v) is 7.40. The van der Waals surface area contributed by atoms with Gasteiger partial charge in [0, 0.05) is 0 Å². The van der Waals surface area contributed by atoms with Gasteiger partial charge in [0.2, 0.25) is 0 Å². The molecule has 0 fully saturated rings. The Bertz CT molecular complexity index is 1620. The topological polar surface area (TPSA) is 120 Å². The first-order valence-corrected chi connectivity index (χ1v) is 25.7. The maximum Gasteiger partial charge on any atom is 0.143 e. The van der Waals surface area contributed by atoms with Crippen LogP contribution in [-0.4, -0.2) is 159 Å². The van der Waals surface area contributed by atoms with E-state index in [-0.39, 0.29) is 0 Å². The zero-order valence-corrected chi connectivity index (χ0v) is 42.2. The van der Waals surface area contributed by atoms with Crippen molar-refractivity contribution in [2.75, 3.05) is 159 Å².